The van der Waals surface area contributed by atoms with E-state index in [1.165, 1.54) is 83.5 Å². The molecule has 2 unspecified atom stereocenters. The van der Waals surface area contributed by atoms with Gasteiger partial charge in [0.25, 0.3) is 0 Å². The van der Waals surface area contributed by atoms with Crippen LogP contribution in [0.4, 0.5) is 0 Å². The van der Waals surface area contributed by atoms with Gasteiger partial charge in [-0.2, -0.15) is 12.6 Å². The van der Waals surface area contributed by atoms with Crippen molar-refractivity contribution in [2.24, 2.45) is 0 Å². The van der Waals surface area contributed by atoms with Crippen molar-refractivity contribution in [3.63, 3.8) is 0 Å². The minimum Gasteiger partial charge on any atom is -0.462 e. The fourth-order valence-corrected chi connectivity index (χ4v) is 7.01. The number of nitrogens with one attached hydrogen (secondary N) is 1. The lowest BCUT2D eigenvalue weighted by atomic mass is 10.1. The van der Waals surface area contributed by atoms with Gasteiger partial charge >= 0.3 is 19.8 Å². The molecule has 0 saturated carbocycles. The lowest BCUT2D eigenvalue weighted by Crippen LogP contribution is -2.30. The Hall–Kier alpha value is -1.65. The van der Waals surface area contributed by atoms with Gasteiger partial charge in [-0.15, -0.1) is 0 Å². The molecule has 0 aromatic heterocycles. The summed E-state index contributed by atoms with van der Waals surface area (Å²) in [5.74, 6) is -0.765. The van der Waals surface area contributed by atoms with Gasteiger partial charge in [0.05, 0.1) is 13.2 Å². The molecule has 0 heterocycles. The molecular weight excluding hydrogens is 750 g/mol. The number of thiol groups is 1. The molecule has 0 fully saturated rings. The number of hydrogen-bond acceptors (Lipinski definition) is 9. The average Bonchev–Trinajstić information content (AvgIpc) is 3.17. The predicted octanol–water partition coefficient (Wildman–Crippen LogP) is 12.1. The first-order chi connectivity index (χ1) is 27.2. The van der Waals surface area contributed by atoms with E-state index in [-0.39, 0.29) is 44.9 Å². The highest BCUT2D eigenvalue weighted by Gasteiger charge is 2.26. The summed E-state index contributed by atoms with van der Waals surface area (Å²) in [5, 5.41) is 2.55. The Morgan fingerprint density at radius 2 is 1.02 bits per heavy atom. The van der Waals surface area contributed by atoms with Crippen LogP contribution in [0.25, 0.3) is 0 Å². The summed E-state index contributed by atoms with van der Waals surface area (Å²) >= 11 is 3.99. The van der Waals surface area contributed by atoms with Gasteiger partial charge in [-0.1, -0.05) is 141 Å². The van der Waals surface area contributed by atoms with Crippen molar-refractivity contribution in [1.82, 2.24) is 5.32 Å². The van der Waals surface area contributed by atoms with Crippen LogP contribution in [0.3, 0.4) is 0 Å². The van der Waals surface area contributed by atoms with Gasteiger partial charge in [-0.3, -0.25) is 23.4 Å². The SMILES string of the molecule is CCCCCCCCC=CCCCCCCCC(=O)OCC(COP(=O)(O)OCCNC(=O)CCS)OC(=O)CCCCCCCC=CCCCCCCCC. The number of carbonyl (C=O) groups is 3. The van der Waals surface area contributed by atoms with Crippen molar-refractivity contribution in [2.75, 3.05) is 32.1 Å². The summed E-state index contributed by atoms with van der Waals surface area (Å²) in [6.07, 6.45) is 38.9. The molecule has 1 amide bonds. The molecule has 12 heteroatoms. The fraction of sp³-hybridized carbons (Fsp3) is 0.841. The molecule has 0 saturated heterocycles. The van der Waals surface area contributed by atoms with Crippen LogP contribution >= 0.6 is 20.5 Å². The molecule has 0 bridgehead atoms. The maximum Gasteiger partial charge on any atom is 0.472 e. The van der Waals surface area contributed by atoms with Crippen LogP contribution in [0.5, 0.6) is 0 Å². The first-order valence-corrected chi connectivity index (χ1v) is 24.5. The Balaban J connectivity index is 4.45. The molecule has 2 atom stereocenters. The molecule has 10 nitrogen and oxygen atoms in total. The second-order valence-corrected chi connectivity index (χ2v) is 16.8. The third kappa shape index (κ3) is 40.5. The number of esters is 2. The molecule has 0 aliphatic heterocycles. The minimum atomic E-state index is -4.52. The summed E-state index contributed by atoms with van der Waals surface area (Å²) < 4.78 is 33.4. The summed E-state index contributed by atoms with van der Waals surface area (Å²) in [5.41, 5.74) is 0. The summed E-state index contributed by atoms with van der Waals surface area (Å²) in [6, 6.07) is 0. The van der Waals surface area contributed by atoms with Crippen LogP contribution in [-0.4, -0.2) is 61.0 Å². The highest BCUT2D eigenvalue weighted by molar-refractivity contribution is 7.80. The van der Waals surface area contributed by atoms with Crippen LogP contribution in [0.2, 0.25) is 0 Å². The lowest BCUT2D eigenvalue weighted by molar-refractivity contribution is -0.161. The number of rotatable bonds is 42. The van der Waals surface area contributed by atoms with E-state index < -0.39 is 32.5 Å². The number of unbranched alkanes of at least 4 members (excludes halogenated alkanes) is 22. The van der Waals surface area contributed by atoms with Crippen molar-refractivity contribution in [1.29, 1.82) is 0 Å². The molecule has 328 valence electrons. The number of hydrogen-bond donors (Lipinski definition) is 3. The van der Waals surface area contributed by atoms with E-state index in [9.17, 15) is 23.8 Å². The zero-order valence-corrected chi connectivity index (χ0v) is 37.3. The third-order valence-corrected chi connectivity index (χ3v) is 10.7. The predicted molar refractivity (Wildman–Crippen MR) is 233 cm³/mol. The maximum absolute atomic E-state index is 12.7. The van der Waals surface area contributed by atoms with Crippen molar-refractivity contribution < 1.29 is 42.4 Å². The largest absolute Gasteiger partial charge is 0.472 e. The Kier molecular flexibility index (Phi) is 40.3. The molecule has 0 rings (SSSR count). The number of amides is 1. The highest BCUT2D eigenvalue weighted by atomic mass is 32.1. The Labute approximate surface area is 347 Å². The van der Waals surface area contributed by atoms with Gasteiger partial charge in [0.1, 0.15) is 6.61 Å². The first-order valence-electron chi connectivity index (χ1n) is 22.4. The van der Waals surface area contributed by atoms with E-state index in [0.29, 0.717) is 18.6 Å². The monoisotopic (exact) mass is 832 g/mol. The van der Waals surface area contributed by atoms with Crippen LogP contribution in [0, 0.1) is 0 Å². The summed E-state index contributed by atoms with van der Waals surface area (Å²) in [7, 11) is -4.52. The van der Waals surface area contributed by atoms with Crippen molar-refractivity contribution in [3.8, 4) is 0 Å². The van der Waals surface area contributed by atoms with E-state index in [1.54, 1.807) is 0 Å². The topological polar surface area (TPSA) is 137 Å². The summed E-state index contributed by atoms with van der Waals surface area (Å²) in [4.78, 5) is 46.9. The first kappa shape index (κ1) is 54.3. The van der Waals surface area contributed by atoms with Gasteiger partial charge < -0.3 is 19.7 Å². The Bertz CT molecular complexity index is 1040. The van der Waals surface area contributed by atoms with Crippen molar-refractivity contribution in [2.45, 2.75) is 206 Å². The average molecular weight is 832 g/mol. The van der Waals surface area contributed by atoms with Gasteiger partial charge in [0.15, 0.2) is 6.10 Å². The maximum atomic E-state index is 12.7. The smallest absolute Gasteiger partial charge is 0.462 e. The van der Waals surface area contributed by atoms with Gasteiger partial charge in [-0.25, -0.2) is 4.57 Å². The van der Waals surface area contributed by atoms with Crippen LogP contribution in [0.1, 0.15) is 200 Å². The molecule has 0 aliphatic rings. The van der Waals surface area contributed by atoms with Crippen molar-refractivity contribution in [3.05, 3.63) is 24.3 Å². The molecule has 0 spiro atoms. The van der Waals surface area contributed by atoms with E-state index in [2.05, 4.69) is 56.1 Å². The Morgan fingerprint density at radius 3 is 1.48 bits per heavy atom. The standard InChI is InChI=1S/C44H82NO9PS/c1-3-5-7-9-11-13-15-17-19-21-23-25-27-29-31-33-43(47)51-39-41(40-53-55(49,50)52-37-36-45-42(46)35-38-56)54-44(48)34-32-30-28-26-24-22-20-18-16-14-12-10-8-6-4-2/h17-20,41,56H,3-16,21-40H2,1-2H3,(H,45,46)(H,49,50). The van der Waals surface area contributed by atoms with Crippen molar-refractivity contribution >= 4 is 38.3 Å². The quantitative estimate of drug-likeness (QED) is 0.0180. The van der Waals surface area contributed by atoms with Crippen LogP contribution < -0.4 is 5.32 Å². The van der Waals surface area contributed by atoms with Crippen LogP contribution in [-0.2, 0) is 37.5 Å². The second kappa shape index (κ2) is 41.5. The minimum absolute atomic E-state index is 0.0167. The molecular formula is C44H82NO9PS. The normalized spacial score (nSPS) is 13.3. The number of phosphoric ester groups is 1. The molecule has 0 aromatic rings. The van der Waals surface area contributed by atoms with Gasteiger partial charge in [0.2, 0.25) is 5.91 Å². The zero-order valence-electron chi connectivity index (χ0n) is 35.5. The molecule has 2 N–H and O–H groups in total. The van der Waals surface area contributed by atoms with E-state index in [0.717, 1.165) is 70.6 Å². The van der Waals surface area contributed by atoms with E-state index >= 15 is 0 Å². The number of allylic oxidation sites excluding steroid dienone is 4. The molecule has 0 aromatic carbocycles. The fourth-order valence-electron chi connectivity index (χ4n) is 6.06. The third-order valence-electron chi connectivity index (χ3n) is 9.45. The molecule has 0 radical (unpaired) electrons. The number of carbonyl (C=O) groups excluding carboxylic acids is 3. The summed E-state index contributed by atoms with van der Waals surface area (Å²) in [6.45, 7) is 3.47. The number of phosphoric acid groups is 1. The molecule has 56 heavy (non-hydrogen) atoms. The van der Waals surface area contributed by atoms with Gasteiger partial charge in [0, 0.05) is 25.8 Å². The zero-order chi connectivity index (χ0) is 41.2. The van der Waals surface area contributed by atoms with E-state index in [1.807, 2.05) is 0 Å². The van der Waals surface area contributed by atoms with E-state index in [4.69, 9.17) is 18.5 Å². The Morgan fingerprint density at radius 1 is 0.589 bits per heavy atom. The van der Waals surface area contributed by atoms with Crippen LogP contribution in [0.15, 0.2) is 24.3 Å². The second-order valence-electron chi connectivity index (χ2n) is 14.9. The van der Waals surface area contributed by atoms with Gasteiger partial charge in [-0.05, 0) is 70.0 Å². The lowest BCUT2D eigenvalue weighted by Gasteiger charge is -2.20. The number of ether oxygens (including phenoxy) is 2. The highest BCUT2D eigenvalue weighted by Crippen LogP contribution is 2.43. The molecule has 0 aliphatic carbocycles.